The molecule has 0 saturated heterocycles. The monoisotopic (exact) mass is 251 g/mol. The predicted molar refractivity (Wildman–Crippen MR) is 64.3 cm³/mol. The summed E-state index contributed by atoms with van der Waals surface area (Å²) in [6, 6.07) is 1.61. The fraction of sp³-hybridized carbons (Fsp3) is 0.538. The summed E-state index contributed by atoms with van der Waals surface area (Å²) in [4.78, 5) is 22.8. The van der Waals surface area contributed by atoms with Gasteiger partial charge >= 0.3 is 5.97 Å². The lowest BCUT2D eigenvalue weighted by Crippen LogP contribution is -2.33. The van der Waals surface area contributed by atoms with Crippen LogP contribution >= 0.6 is 0 Å². The van der Waals surface area contributed by atoms with Crippen LogP contribution in [0.25, 0.3) is 0 Å². The molecule has 2 N–H and O–H groups in total. The van der Waals surface area contributed by atoms with Gasteiger partial charge in [-0.1, -0.05) is 6.92 Å². The summed E-state index contributed by atoms with van der Waals surface area (Å²) in [5, 5.41) is 11.8. The Kier molecular flexibility index (Phi) is 3.69. The van der Waals surface area contributed by atoms with Gasteiger partial charge in [0, 0.05) is 12.5 Å². The molecule has 0 radical (unpaired) electrons. The molecule has 1 saturated carbocycles. The molecule has 5 heteroatoms. The number of carbonyl (C=O) groups is 2. The predicted octanol–water partition coefficient (Wildman–Crippen LogP) is 1.83. The van der Waals surface area contributed by atoms with E-state index in [9.17, 15) is 9.59 Å². The highest BCUT2D eigenvalue weighted by atomic mass is 16.4. The molecule has 1 aromatic heterocycles. The van der Waals surface area contributed by atoms with Gasteiger partial charge in [-0.05, 0) is 25.3 Å². The molecule has 18 heavy (non-hydrogen) atoms. The number of furan rings is 1. The van der Waals surface area contributed by atoms with E-state index in [1.807, 2.05) is 6.92 Å². The molecule has 0 aromatic carbocycles. The van der Waals surface area contributed by atoms with Gasteiger partial charge in [0.15, 0.2) is 0 Å². The molecule has 98 valence electrons. The van der Waals surface area contributed by atoms with E-state index in [1.165, 1.54) is 6.26 Å². The van der Waals surface area contributed by atoms with E-state index < -0.39 is 5.97 Å². The Labute approximate surface area is 105 Å². The topological polar surface area (TPSA) is 79.5 Å². The minimum atomic E-state index is -0.774. The number of amides is 1. The van der Waals surface area contributed by atoms with Crippen molar-refractivity contribution >= 4 is 11.9 Å². The van der Waals surface area contributed by atoms with E-state index in [2.05, 4.69) is 5.32 Å². The molecule has 1 aliphatic rings. The quantitative estimate of drug-likeness (QED) is 0.855. The largest absolute Gasteiger partial charge is 0.481 e. The standard InChI is InChI=1S/C13H17NO4/c1-2-11-10(5-6-18-11)12(15)14-9-4-3-8(7-9)13(16)17/h5-6,8-9H,2-4,7H2,1H3,(H,14,15)(H,16,17)/t8-,9+/m0/s1. The van der Waals surface area contributed by atoms with E-state index in [0.717, 1.165) is 6.42 Å². The highest BCUT2D eigenvalue weighted by Crippen LogP contribution is 2.26. The van der Waals surface area contributed by atoms with Gasteiger partial charge < -0.3 is 14.8 Å². The van der Waals surface area contributed by atoms with Crippen molar-refractivity contribution < 1.29 is 19.1 Å². The van der Waals surface area contributed by atoms with Crippen molar-refractivity contribution in [3.63, 3.8) is 0 Å². The number of aliphatic carboxylic acids is 1. The third-order valence-electron chi connectivity index (χ3n) is 3.43. The van der Waals surface area contributed by atoms with Crippen LogP contribution in [0.4, 0.5) is 0 Å². The Morgan fingerprint density at radius 3 is 2.89 bits per heavy atom. The highest BCUT2D eigenvalue weighted by molar-refractivity contribution is 5.95. The first kappa shape index (κ1) is 12.7. The molecule has 1 amide bonds. The fourth-order valence-corrected chi connectivity index (χ4v) is 2.42. The van der Waals surface area contributed by atoms with Crippen LogP contribution in [-0.2, 0) is 11.2 Å². The van der Waals surface area contributed by atoms with E-state index in [-0.39, 0.29) is 17.9 Å². The van der Waals surface area contributed by atoms with Gasteiger partial charge in [-0.15, -0.1) is 0 Å². The molecule has 2 rings (SSSR count). The number of carboxylic acid groups (broad SMARTS) is 1. The smallest absolute Gasteiger partial charge is 0.306 e. The Morgan fingerprint density at radius 2 is 2.28 bits per heavy atom. The molecule has 0 unspecified atom stereocenters. The fourth-order valence-electron chi connectivity index (χ4n) is 2.42. The first-order valence-electron chi connectivity index (χ1n) is 6.21. The van der Waals surface area contributed by atoms with Gasteiger partial charge in [0.25, 0.3) is 5.91 Å². The molecule has 0 spiro atoms. The number of carboxylic acids is 1. The van der Waals surface area contributed by atoms with Crippen LogP contribution < -0.4 is 5.32 Å². The van der Waals surface area contributed by atoms with Gasteiger partial charge in [-0.3, -0.25) is 9.59 Å². The number of hydrogen-bond acceptors (Lipinski definition) is 3. The SMILES string of the molecule is CCc1occc1C(=O)N[C@@H]1CC[C@H](C(=O)O)C1. The van der Waals surface area contributed by atoms with Crippen LogP contribution in [0, 0.1) is 5.92 Å². The zero-order chi connectivity index (χ0) is 13.1. The van der Waals surface area contributed by atoms with Crippen LogP contribution in [0.1, 0.15) is 42.3 Å². The molecular formula is C13H17NO4. The Morgan fingerprint density at radius 1 is 1.50 bits per heavy atom. The van der Waals surface area contributed by atoms with Crippen molar-refractivity contribution in [2.24, 2.45) is 5.92 Å². The second-order valence-corrected chi connectivity index (χ2v) is 4.63. The zero-order valence-electron chi connectivity index (χ0n) is 10.3. The Balaban J connectivity index is 1.95. The van der Waals surface area contributed by atoms with E-state index in [4.69, 9.17) is 9.52 Å². The molecule has 0 bridgehead atoms. The molecule has 1 aromatic rings. The molecule has 5 nitrogen and oxygen atoms in total. The lowest BCUT2D eigenvalue weighted by atomic mass is 10.1. The summed E-state index contributed by atoms with van der Waals surface area (Å²) in [6.45, 7) is 1.92. The second-order valence-electron chi connectivity index (χ2n) is 4.63. The minimum Gasteiger partial charge on any atom is -0.481 e. The van der Waals surface area contributed by atoms with Crippen LogP contribution in [0.15, 0.2) is 16.7 Å². The van der Waals surface area contributed by atoms with E-state index in [0.29, 0.717) is 30.6 Å². The number of hydrogen-bond donors (Lipinski definition) is 2. The number of rotatable bonds is 4. The maximum absolute atomic E-state index is 12.0. The molecule has 2 atom stereocenters. The molecular weight excluding hydrogens is 234 g/mol. The lowest BCUT2D eigenvalue weighted by molar-refractivity contribution is -0.141. The summed E-state index contributed by atoms with van der Waals surface area (Å²) in [5.74, 6) is -0.605. The van der Waals surface area contributed by atoms with Crippen molar-refractivity contribution in [2.45, 2.75) is 38.6 Å². The van der Waals surface area contributed by atoms with Crippen molar-refractivity contribution in [3.8, 4) is 0 Å². The Hall–Kier alpha value is -1.78. The van der Waals surface area contributed by atoms with Crippen molar-refractivity contribution in [3.05, 3.63) is 23.7 Å². The van der Waals surface area contributed by atoms with Gasteiger partial charge in [-0.2, -0.15) is 0 Å². The van der Waals surface area contributed by atoms with Gasteiger partial charge in [0.05, 0.1) is 17.7 Å². The van der Waals surface area contributed by atoms with Crippen LogP contribution in [0.2, 0.25) is 0 Å². The Bertz CT molecular complexity index is 452. The molecule has 1 fully saturated rings. The average Bonchev–Trinajstić information content (AvgIpc) is 2.96. The van der Waals surface area contributed by atoms with Gasteiger partial charge in [0.1, 0.15) is 5.76 Å². The summed E-state index contributed by atoms with van der Waals surface area (Å²) >= 11 is 0. The number of nitrogens with one attached hydrogen (secondary N) is 1. The van der Waals surface area contributed by atoms with Crippen molar-refractivity contribution in [1.29, 1.82) is 0 Å². The highest BCUT2D eigenvalue weighted by Gasteiger charge is 2.31. The molecule has 0 aliphatic heterocycles. The summed E-state index contributed by atoms with van der Waals surface area (Å²) in [6.07, 6.45) is 4.04. The summed E-state index contributed by atoms with van der Waals surface area (Å²) in [5.41, 5.74) is 0.552. The number of aryl methyl sites for hydroxylation is 1. The third kappa shape index (κ3) is 2.55. The maximum atomic E-state index is 12.0. The zero-order valence-corrected chi connectivity index (χ0v) is 10.3. The van der Waals surface area contributed by atoms with Crippen molar-refractivity contribution in [1.82, 2.24) is 5.32 Å². The third-order valence-corrected chi connectivity index (χ3v) is 3.43. The van der Waals surface area contributed by atoms with Crippen LogP contribution in [-0.4, -0.2) is 23.0 Å². The summed E-state index contributed by atoms with van der Waals surface area (Å²) < 4.78 is 5.20. The molecule has 1 heterocycles. The lowest BCUT2D eigenvalue weighted by Gasteiger charge is -2.12. The second kappa shape index (κ2) is 5.25. The molecule has 1 aliphatic carbocycles. The van der Waals surface area contributed by atoms with Crippen molar-refractivity contribution in [2.75, 3.05) is 0 Å². The van der Waals surface area contributed by atoms with Gasteiger partial charge in [0.2, 0.25) is 0 Å². The first-order valence-corrected chi connectivity index (χ1v) is 6.21. The van der Waals surface area contributed by atoms with E-state index in [1.54, 1.807) is 6.07 Å². The van der Waals surface area contributed by atoms with Crippen LogP contribution in [0.3, 0.4) is 0 Å². The normalized spacial score (nSPS) is 22.9. The summed E-state index contributed by atoms with van der Waals surface area (Å²) in [7, 11) is 0. The van der Waals surface area contributed by atoms with Gasteiger partial charge in [-0.25, -0.2) is 0 Å². The minimum absolute atomic E-state index is 0.0433. The van der Waals surface area contributed by atoms with Crippen LogP contribution in [0.5, 0.6) is 0 Å². The average molecular weight is 251 g/mol. The van der Waals surface area contributed by atoms with E-state index >= 15 is 0 Å². The first-order chi connectivity index (χ1) is 8.61. The maximum Gasteiger partial charge on any atom is 0.306 e. The number of carbonyl (C=O) groups excluding carboxylic acids is 1.